The Balaban J connectivity index is 3.14. The zero-order valence-electron chi connectivity index (χ0n) is 14.4. The molecule has 1 amide bonds. The van der Waals surface area contributed by atoms with Gasteiger partial charge in [-0.1, -0.05) is 11.6 Å². The smallest absolute Gasteiger partial charge is 0.243 e. The van der Waals surface area contributed by atoms with Crippen LogP contribution >= 0.6 is 11.6 Å². The molecule has 2 atom stereocenters. The van der Waals surface area contributed by atoms with Gasteiger partial charge in [-0.15, -0.1) is 0 Å². The zero-order valence-corrected chi connectivity index (χ0v) is 15.9. The second-order valence-corrected chi connectivity index (χ2v) is 7.69. The lowest BCUT2D eigenvalue weighted by molar-refractivity contribution is -0.122. The number of hydrogen-bond acceptors (Lipinski definition) is 5. The summed E-state index contributed by atoms with van der Waals surface area (Å²) < 4.78 is 35.4. The molecule has 24 heavy (non-hydrogen) atoms. The maximum atomic E-state index is 12.4. The van der Waals surface area contributed by atoms with Crippen molar-refractivity contribution >= 4 is 33.2 Å². The monoisotopic (exact) mass is 378 g/mol. The number of ether oxygens (including phenoxy) is 2. The van der Waals surface area contributed by atoms with Gasteiger partial charge >= 0.3 is 0 Å². The summed E-state index contributed by atoms with van der Waals surface area (Å²) in [5.74, 6) is -0.0170. The molecule has 7 nitrogen and oxygen atoms in total. The van der Waals surface area contributed by atoms with Crippen LogP contribution in [-0.4, -0.2) is 53.5 Å². The van der Waals surface area contributed by atoms with Gasteiger partial charge in [0.15, 0.2) is 0 Å². The van der Waals surface area contributed by atoms with E-state index in [1.807, 2.05) is 0 Å². The average molecular weight is 379 g/mol. The lowest BCUT2D eigenvalue weighted by Gasteiger charge is -2.29. The maximum Gasteiger partial charge on any atom is 0.243 e. The Morgan fingerprint density at radius 2 is 1.96 bits per heavy atom. The van der Waals surface area contributed by atoms with E-state index in [4.69, 9.17) is 21.1 Å². The predicted molar refractivity (Wildman–Crippen MR) is 94.3 cm³/mol. The van der Waals surface area contributed by atoms with E-state index in [1.54, 1.807) is 13.0 Å². The molecule has 0 aliphatic carbocycles. The minimum atomic E-state index is -3.70. The van der Waals surface area contributed by atoms with Crippen LogP contribution in [0.15, 0.2) is 18.2 Å². The molecular weight excluding hydrogens is 356 g/mol. The first kappa shape index (κ1) is 20.5. The second-order valence-electron chi connectivity index (χ2n) is 5.42. The van der Waals surface area contributed by atoms with Gasteiger partial charge in [0.05, 0.1) is 30.7 Å². The van der Waals surface area contributed by atoms with Gasteiger partial charge in [-0.05, 0) is 32.0 Å². The van der Waals surface area contributed by atoms with Gasteiger partial charge in [0, 0.05) is 13.2 Å². The van der Waals surface area contributed by atoms with E-state index in [1.165, 1.54) is 33.3 Å². The highest BCUT2D eigenvalue weighted by Crippen LogP contribution is 2.31. The van der Waals surface area contributed by atoms with Crippen LogP contribution in [0.4, 0.5) is 5.69 Å². The number of sulfonamides is 1. The molecule has 0 saturated carbocycles. The normalized spacial score (nSPS) is 13.9. The van der Waals surface area contributed by atoms with Crippen molar-refractivity contribution in [1.29, 1.82) is 0 Å². The standard InChI is InChI=1S/C15H23ClN2O5S/c1-10(9-22-3)17-15(19)11(2)18(24(5,20)21)12-6-7-14(23-4)13(16)8-12/h6-8,10-11H,9H2,1-5H3,(H,17,19)/t10-,11-/m1/s1. The molecule has 136 valence electrons. The Morgan fingerprint density at radius 1 is 1.33 bits per heavy atom. The number of carbonyl (C=O) groups is 1. The largest absolute Gasteiger partial charge is 0.495 e. The van der Waals surface area contributed by atoms with Crippen molar-refractivity contribution in [3.63, 3.8) is 0 Å². The number of rotatable bonds is 8. The summed E-state index contributed by atoms with van der Waals surface area (Å²) in [5.41, 5.74) is 0.283. The molecule has 0 aliphatic heterocycles. The molecule has 1 rings (SSSR count). The number of carbonyl (C=O) groups excluding carboxylic acids is 1. The van der Waals surface area contributed by atoms with Gasteiger partial charge < -0.3 is 14.8 Å². The third-order valence-corrected chi connectivity index (χ3v) is 4.82. The Bertz CT molecular complexity index is 680. The van der Waals surface area contributed by atoms with Crippen LogP contribution < -0.4 is 14.4 Å². The summed E-state index contributed by atoms with van der Waals surface area (Å²) in [4.78, 5) is 12.4. The lowest BCUT2D eigenvalue weighted by Crippen LogP contribution is -2.50. The van der Waals surface area contributed by atoms with Gasteiger partial charge in [0.1, 0.15) is 11.8 Å². The second kappa shape index (κ2) is 8.55. The van der Waals surface area contributed by atoms with Gasteiger partial charge in [-0.3, -0.25) is 9.10 Å². The Labute approximate surface area is 147 Å². The first-order valence-corrected chi connectivity index (χ1v) is 9.46. The van der Waals surface area contributed by atoms with Gasteiger partial charge in [-0.25, -0.2) is 8.42 Å². The molecule has 0 heterocycles. The van der Waals surface area contributed by atoms with Crippen LogP contribution in [0.5, 0.6) is 5.75 Å². The van der Waals surface area contributed by atoms with Crippen LogP contribution in [0.25, 0.3) is 0 Å². The quantitative estimate of drug-likeness (QED) is 0.743. The fraction of sp³-hybridized carbons (Fsp3) is 0.533. The molecular formula is C15H23ClN2O5S. The molecule has 0 aromatic heterocycles. The van der Waals surface area contributed by atoms with Gasteiger partial charge in [0.2, 0.25) is 15.9 Å². The third kappa shape index (κ3) is 5.25. The highest BCUT2D eigenvalue weighted by Gasteiger charge is 2.30. The first-order chi connectivity index (χ1) is 11.1. The summed E-state index contributed by atoms with van der Waals surface area (Å²) in [6.07, 6.45) is 1.04. The van der Waals surface area contributed by atoms with E-state index in [2.05, 4.69) is 5.32 Å². The molecule has 1 aromatic carbocycles. The van der Waals surface area contributed by atoms with E-state index in [0.717, 1.165) is 10.6 Å². The van der Waals surface area contributed by atoms with Crippen molar-refractivity contribution in [2.45, 2.75) is 25.9 Å². The van der Waals surface area contributed by atoms with E-state index in [0.29, 0.717) is 12.4 Å². The molecule has 1 N–H and O–H groups in total. The lowest BCUT2D eigenvalue weighted by atomic mass is 10.2. The van der Waals surface area contributed by atoms with Crippen molar-refractivity contribution in [3.8, 4) is 5.75 Å². The molecule has 9 heteroatoms. The van der Waals surface area contributed by atoms with Crippen molar-refractivity contribution in [1.82, 2.24) is 5.32 Å². The summed E-state index contributed by atoms with van der Waals surface area (Å²) in [7, 11) is -0.722. The fourth-order valence-electron chi connectivity index (χ4n) is 2.26. The SMILES string of the molecule is COC[C@@H](C)NC(=O)[C@@H](C)N(c1ccc(OC)c(Cl)c1)S(C)(=O)=O. The Morgan fingerprint density at radius 3 is 2.42 bits per heavy atom. The summed E-state index contributed by atoms with van der Waals surface area (Å²) >= 11 is 6.07. The maximum absolute atomic E-state index is 12.4. The Kier molecular flexibility index (Phi) is 7.31. The number of methoxy groups -OCH3 is 2. The van der Waals surface area contributed by atoms with Crippen LogP contribution in [0.3, 0.4) is 0 Å². The summed E-state index contributed by atoms with van der Waals surface area (Å²) in [6, 6.07) is 3.33. The molecule has 0 radical (unpaired) electrons. The minimum absolute atomic E-state index is 0.245. The van der Waals surface area contributed by atoms with E-state index >= 15 is 0 Å². The van der Waals surface area contributed by atoms with Crippen molar-refractivity contribution in [2.75, 3.05) is 31.4 Å². The number of amides is 1. The van der Waals surface area contributed by atoms with Crippen LogP contribution in [0.1, 0.15) is 13.8 Å². The zero-order chi connectivity index (χ0) is 18.5. The highest BCUT2D eigenvalue weighted by atomic mass is 35.5. The average Bonchev–Trinajstić information content (AvgIpc) is 2.46. The number of hydrogen-bond donors (Lipinski definition) is 1. The topological polar surface area (TPSA) is 84.9 Å². The minimum Gasteiger partial charge on any atom is -0.495 e. The summed E-state index contributed by atoms with van der Waals surface area (Å²) in [5, 5.41) is 2.97. The first-order valence-electron chi connectivity index (χ1n) is 7.24. The van der Waals surface area contributed by atoms with E-state index in [-0.39, 0.29) is 16.8 Å². The highest BCUT2D eigenvalue weighted by molar-refractivity contribution is 7.92. The van der Waals surface area contributed by atoms with Crippen LogP contribution in [0, 0.1) is 0 Å². The number of nitrogens with one attached hydrogen (secondary N) is 1. The van der Waals surface area contributed by atoms with E-state index < -0.39 is 22.0 Å². The molecule has 0 saturated heterocycles. The fourth-order valence-corrected chi connectivity index (χ4v) is 3.67. The Hall–Kier alpha value is -1.51. The van der Waals surface area contributed by atoms with Crippen molar-refractivity contribution in [3.05, 3.63) is 23.2 Å². The molecule has 0 bridgehead atoms. The third-order valence-electron chi connectivity index (χ3n) is 3.28. The van der Waals surface area contributed by atoms with Crippen LogP contribution in [0.2, 0.25) is 5.02 Å². The van der Waals surface area contributed by atoms with E-state index in [9.17, 15) is 13.2 Å². The molecule has 1 aromatic rings. The van der Waals surface area contributed by atoms with Crippen LogP contribution in [-0.2, 0) is 19.6 Å². The molecule has 0 unspecified atom stereocenters. The van der Waals surface area contributed by atoms with Crippen molar-refractivity contribution < 1.29 is 22.7 Å². The predicted octanol–water partition coefficient (Wildman–Crippen LogP) is 1.65. The van der Waals surface area contributed by atoms with Gasteiger partial charge in [0.25, 0.3) is 0 Å². The van der Waals surface area contributed by atoms with Gasteiger partial charge in [-0.2, -0.15) is 0 Å². The van der Waals surface area contributed by atoms with Crippen molar-refractivity contribution in [2.24, 2.45) is 0 Å². The number of halogens is 1. The number of benzene rings is 1. The molecule has 0 aliphatic rings. The number of nitrogens with zero attached hydrogens (tertiary/aromatic N) is 1. The molecule has 0 fully saturated rings. The number of anilines is 1. The molecule has 0 spiro atoms. The summed E-state index contributed by atoms with van der Waals surface area (Å²) in [6.45, 7) is 3.60.